The van der Waals surface area contributed by atoms with Gasteiger partial charge in [-0.3, -0.25) is 0 Å². The summed E-state index contributed by atoms with van der Waals surface area (Å²) in [6.07, 6.45) is 1.35. The molecule has 0 fully saturated rings. The van der Waals surface area contributed by atoms with Gasteiger partial charge in [-0.15, -0.1) is 0 Å². The second-order valence-electron chi connectivity index (χ2n) is 9.01. The van der Waals surface area contributed by atoms with Crippen molar-refractivity contribution in [3.63, 3.8) is 0 Å². The fourth-order valence-corrected chi connectivity index (χ4v) is 5.49. The highest BCUT2D eigenvalue weighted by atomic mass is 32.2. The Hall–Kier alpha value is -4.11. The first kappa shape index (κ1) is 26.9. The molecule has 0 spiro atoms. The number of anilines is 2. The van der Waals surface area contributed by atoms with Gasteiger partial charge in [0.15, 0.2) is 5.82 Å². The van der Waals surface area contributed by atoms with Crippen LogP contribution in [0.3, 0.4) is 0 Å². The van der Waals surface area contributed by atoms with E-state index in [2.05, 4.69) is 15.3 Å². The number of aryl methyl sites for hydroxylation is 4. The highest BCUT2D eigenvalue weighted by Gasteiger charge is 2.24. The Morgan fingerprint density at radius 2 is 1.42 bits per heavy atom. The zero-order chi connectivity index (χ0) is 27.4. The molecule has 1 aromatic heterocycles. The molecule has 0 atom stereocenters. The zero-order valence-electron chi connectivity index (χ0n) is 22.3. The van der Waals surface area contributed by atoms with Crippen molar-refractivity contribution in [2.24, 2.45) is 0 Å². The molecule has 8 nitrogen and oxygen atoms in total. The molecular weight excluding hydrogens is 502 g/mol. The van der Waals surface area contributed by atoms with Crippen LogP contribution < -0.4 is 19.5 Å². The van der Waals surface area contributed by atoms with Gasteiger partial charge in [-0.25, -0.2) is 18.4 Å². The summed E-state index contributed by atoms with van der Waals surface area (Å²) < 4.78 is 43.7. The number of rotatable bonds is 9. The molecule has 3 aromatic carbocycles. The number of hydrogen-bond donors (Lipinski definition) is 1. The van der Waals surface area contributed by atoms with Gasteiger partial charge in [-0.2, -0.15) is 0 Å². The summed E-state index contributed by atoms with van der Waals surface area (Å²) in [5.74, 6) is 2.54. The van der Waals surface area contributed by atoms with Crippen molar-refractivity contribution >= 4 is 21.3 Å². The molecule has 0 unspecified atom stereocenters. The van der Waals surface area contributed by atoms with Gasteiger partial charge in [0.1, 0.15) is 34.6 Å². The van der Waals surface area contributed by atoms with E-state index in [1.165, 1.54) is 18.3 Å². The van der Waals surface area contributed by atoms with Crippen LogP contribution in [0.2, 0.25) is 0 Å². The first-order valence-corrected chi connectivity index (χ1v) is 13.5. The summed E-state index contributed by atoms with van der Waals surface area (Å²) in [6, 6.07) is 15.8. The van der Waals surface area contributed by atoms with Crippen LogP contribution in [0.5, 0.6) is 17.2 Å². The van der Waals surface area contributed by atoms with E-state index < -0.39 is 9.84 Å². The Labute approximate surface area is 223 Å². The molecule has 38 heavy (non-hydrogen) atoms. The van der Waals surface area contributed by atoms with Crippen LogP contribution in [0.4, 0.5) is 11.5 Å². The molecule has 1 heterocycles. The molecule has 1 N–H and O–H groups in total. The molecule has 9 heteroatoms. The van der Waals surface area contributed by atoms with E-state index in [1.54, 1.807) is 39.3 Å². The zero-order valence-corrected chi connectivity index (χ0v) is 23.1. The lowest BCUT2D eigenvalue weighted by atomic mass is 10.1. The second kappa shape index (κ2) is 11.1. The second-order valence-corrected chi connectivity index (χ2v) is 10.9. The van der Waals surface area contributed by atoms with Crippen LogP contribution >= 0.6 is 0 Å². The minimum atomic E-state index is -3.92. The number of sulfone groups is 1. The van der Waals surface area contributed by atoms with Crippen molar-refractivity contribution < 1.29 is 22.6 Å². The number of nitrogens with zero attached hydrogens (tertiary/aromatic N) is 2. The molecule has 0 amide bonds. The minimum Gasteiger partial charge on any atom is -0.497 e. The lowest BCUT2D eigenvalue weighted by Gasteiger charge is -2.16. The monoisotopic (exact) mass is 533 g/mol. The van der Waals surface area contributed by atoms with Crippen LogP contribution in [0.25, 0.3) is 0 Å². The lowest BCUT2D eigenvalue weighted by molar-refractivity contribution is 0.303. The molecule has 0 aliphatic heterocycles. The van der Waals surface area contributed by atoms with Gasteiger partial charge in [0.25, 0.3) is 0 Å². The van der Waals surface area contributed by atoms with Gasteiger partial charge in [-0.1, -0.05) is 17.7 Å². The number of benzene rings is 3. The Morgan fingerprint density at radius 1 is 0.816 bits per heavy atom. The van der Waals surface area contributed by atoms with Crippen LogP contribution in [-0.4, -0.2) is 32.6 Å². The van der Waals surface area contributed by atoms with E-state index in [0.717, 1.165) is 27.9 Å². The van der Waals surface area contributed by atoms with Gasteiger partial charge in [-0.05, 0) is 80.8 Å². The van der Waals surface area contributed by atoms with E-state index in [1.807, 2.05) is 45.0 Å². The predicted molar refractivity (Wildman–Crippen MR) is 146 cm³/mol. The third kappa shape index (κ3) is 5.89. The van der Waals surface area contributed by atoms with Crippen molar-refractivity contribution in [1.29, 1.82) is 0 Å². The van der Waals surface area contributed by atoms with Gasteiger partial charge in [0.2, 0.25) is 9.84 Å². The fourth-order valence-electron chi connectivity index (χ4n) is 4.20. The molecule has 0 saturated carbocycles. The Balaban J connectivity index is 1.58. The molecule has 0 radical (unpaired) electrons. The quantitative estimate of drug-likeness (QED) is 0.285. The molecule has 198 valence electrons. The van der Waals surface area contributed by atoms with E-state index in [-0.39, 0.29) is 22.2 Å². The Morgan fingerprint density at radius 3 is 2.00 bits per heavy atom. The summed E-state index contributed by atoms with van der Waals surface area (Å²) in [5, 5.41) is 3.25. The van der Waals surface area contributed by atoms with Crippen LogP contribution in [0.15, 0.2) is 70.6 Å². The normalized spacial score (nSPS) is 11.2. The van der Waals surface area contributed by atoms with Crippen molar-refractivity contribution in [3.05, 3.63) is 88.9 Å². The van der Waals surface area contributed by atoms with Gasteiger partial charge in [0.05, 0.1) is 25.3 Å². The van der Waals surface area contributed by atoms with Crippen LogP contribution in [-0.2, 0) is 16.4 Å². The van der Waals surface area contributed by atoms with Crippen molar-refractivity contribution in [1.82, 2.24) is 9.97 Å². The molecule has 0 aliphatic rings. The average molecular weight is 534 g/mol. The van der Waals surface area contributed by atoms with Crippen molar-refractivity contribution in [2.45, 2.75) is 44.1 Å². The van der Waals surface area contributed by atoms with Crippen molar-refractivity contribution in [3.8, 4) is 17.2 Å². The molecule has 0 bridgehead atoms. The predicted octanol–water partition coefficient (Wildman–Crippen LogP) is 5.88. The topological polar surface area (TPSA) is 99.6 Å². The van der Waals surface area contributed by atoms with Gasteiger partial charge in [0, 0.05) is 11.8 Å². The highest BCUT2D eigenvalue weighted by molar-refractivity contribution is 7.91. The first-order chi connectivity index (χ1) is 18.1. The van der Waals surface area contributed by atoms with Gasteiger partial charge < -0.3 is 19.5 Å². The summed E-state index contributed by atoms with van der Waals surface area (Å²) in [4.78, 5) is 8.70. The number of ether oxygens (including phenoxy) is 3. The minimum absolute atomic E-state index is 0.000353. The number of aromatic nitrogens is 2. The number of nitrogens with one attached hydrogen (secondary N) is 1. The Bertz CT molecular complexity index is 1520. The van der Waals surface area contributed by atoms with E-state index in [4.69, 9.17) is 14.2 Å². The maximum absolute atomic E-state index is 13.6. The largest absolute Gasteiger partial charge is 0.497 e. The summed E-state index contributed by atoms with van der Waals surface area (Å²) in [6.45, 7) is 7.96. The average Bonchev–Trinajstić information content (AvgIpc) is 2.89. The van der Waals surface area contributed by atoms with E-state index >= 15 is 0 Å². The summed E-state index contributed by atoms with van der Waals surface area (Å²) in [5.41, 5.74) is 4.80. The van der Waals surface area contributed by atoms with Crippen LogP contribution in [0.1, 0.15) is 28.1 Å². The molecule has 0 saturated heterocycles. The van der Waals surface area contributed by atoms with Crippen LogP contribution in [0, 0.1) is 27.7 Å². The van der Waals surface area contributed by atoms with Gasteiger partial charge >= 0.3 is 0 Å². The standard InChI is InChI=1S/C29H31N3O5S/c1-18-11-19(2)28(20(3)12-18)32-29-27(16-30-21(4)31-29)38(33,34)26-9-7-23(8-10-26)37-17-22-13-24(35-5)15-25(14-22)36-6/h7-16H,17H2,1-6H3,(H,30,31,32). The Kier molecular flexibility index (Phi) is 7.87. The van der Waals surface area contributed by atoms with Crippen molar-refractivity contribution in [2.75, 3.05) is 19.5 Å². The third-order valence-electron chi connectivity index (χ3n) is 6.04. The maximum atomic E-state index is 13.6. The molecule has 0 aliphatic carbocycles. The molecule has 4 rings (SSSR count). The maximum Gasteiger partial charge on any atom is 0.211 e. The smallest absolute Gasteiger partial charge is 0.211 e. The molecule has 4 aromatic rings. The summed E-state index contributed by atoms with van der Waals surface area (Å²) in [7, 11) is -0.748. The SMILES string of the molecule is COc1cc(COc2ccc(S(=O)(=O)c3cnc(C)nc3Nc3c(C)cc(C)cc3C)cc2)cc(OC)c1. The highest BCUT2D eigenvalue weighted by Crippen LogP contribution is 2.32. The van der Waals surface area contributed by atoms with E-state index in [9.17, 15) is 8.42 Å². The lowest BCUT2D eigenvalue weighted by Crippen LogP contribution is -2.10. The van der Waals surface area contributed by atoms with E-state index in [0.29, 0.717) is 23.1 Å². The third-order valence-corrected chi connectivity index (χ3v) is 7.81. The number of methoxy groups -OCH3 is 2. The number of hydrogen-bond acceptors (Lipinski definition) is 8. The fraction of sp³-hybridized carbons (Fsp3) is 0.241. The first-order valence-electron chi connectivity index (χ1n) is 12.0. The summed E-state index contributed by atoms with van der Waals surface area (Å²) >= 11 is 0. The molecular formula is C29H31N3O5S.